The lowest BCUT2D eigenvalue weighted by molar-refractivity contribution is 0.0755. The number of hydrogen-bond acceptors (Lipinski definition) is 4. The molecule has 0 spiro atoms. The van der Waals surface area contributed by atoms with Gasteiger partial charge in [0.2, 0.25) is 0 Å². The normalized spacial score (nSPS) is 10.2. The first-order valence-corrected chi connectivity index (χ1v) is 7.01. The second-order valence-corrected chi connectivity index (χ2v) is 5.12. The zero-order valence-corrected chi connectivity index (χ0v) is 11.6. The van der Waals surface area contributed by atoms with Gasteiger partial charge in [0.1, 0.15) is 0 Å². The molecule has 3 N–H and O–H groups in total. The summed E-state index contributed by atoms with van der Waals surface area (Å²) in [4.78, 5) is 15.5. The molecule has 2 rings (SSSR count). The average molecular weight is 275 g/mol. The van der Waals surface area contributed by atoms with E-state index in [1.54, 1.807) is 23.5 Å². The zero-order valence-electron chi connectivity index (χ0n) is 10.8. The highest BCUT2D eigenvalue weighted by molar-refractivity contribution is 7.09. The van der Waals surface area contributed by atoms with Crippen molar-refractivity contribution in [3.8, 4) is 0 Å². The van der Waals surface area contributed by atoms with Crippen molar-refractivity contribution < 1.29 is 4.79 Å². The number of hydrazine groups is 1. The number of benzene rings is 1. The molecule has 100 valence electrons. The lowest BCUT2D eigenvalue weighted by atomic mass is 10.1. The molecule has 1 aromatic heterocycles. The van der Waals surface area contributed by atoms with Crippen LogP contribution in [-0.2, 0) is 6.54 Å². The molecular weight excluding hydrogens is 258 g/mol. The first kappa shape index (κ1) is 13.6. The summed E-state index contributed by atoms with van der Waals surface area (Å²) < 4.78 is 0. The van der Waals surface area contributed by atoms with Crippen molar-refractivity contribution in [1.82, 2.24) is 4.90 Å². The molecule has 0 saturated carbocycles. The molecule has 0 atom stereocenters. The minimum absolute atomic E-state index is 0.00977. The van der Waals surface area contributed by atoms with E-state index >= 15 is 0 Å². The van der Waals surface area contributed by atoms with Crippen molar-refractivity contribution in [2.24, 2.45) is 5.84 Å². The number of rotatable bonds is 5. The number of anilines is 1. The molecule has 0 fully saturated rings. The van der Waals surface area contributed by atoms with Crippen LogP contribution in [0.15, 0.2) is 41.8 Å². The Kier molecular flexibility index (Phi) is 4.54. The number of nitrogen functional groups attached to an aromatic ring is 1. The molecule has 1 heterocycles. The lowest BCUT2D eigenvalue weighted by Crippen LogP contribution is -2.31. The summed E-state index contributed by atoms with van der Waals surface area (Å²) in [5.74, 6) is 5.44. The largest absolute Gasteiger partial charge is 0.334 e. The Labute approximate surface area is 116 Å². The summed E-state index contributed by atoms with van der Waals surface area (Å²) >= 11 is 1.65. The van der Waals surface area contributed by atoms with Crippen LogP contribution in [0, 0.1) is 0 Å². The minimum atomic E-state index is -0.00977. The van der Waals surface area contributed by atoms with E-state index in [2.05, 4.69) is 5.43 Å². The van der Waals surface area contributed by atoms with Gasteiger partial charge in [-0.05, 0) is 30.5 Å². The molecule has 2 aromatic rings. The Morgan fingerprint density at radius 1 is 1.32 bits per heavy atom. The number of amides is 1. The summed E-state index contributed by atoms with van der Waals surface area (Å²) in [5, 5.41) is 2.02. The van der Waals surface area contributed by atoms with Crippen LogP contribution in [0.4, 0.5) is 5.69 Å². The maximum atomic E-state index is 12.5. The van der Waals surface area contributed by atoms with Crippen LogP contribution in [0.1, 0.15) is 22.2 Å². The highest BCUT2D eigenvalue weighted by Crippen LogP contribution is 2.19. The first-order chi connectivity index (χ1) is 9.26. The van der Waals surface area contributed by atoms with Gasteiger partial charge in [0.05, 0.1) is 17.8 Å². The van der Waals surface area contributed by atoms with E-state index in [4.69, 9.17) is 5.84 Å². The molecule has 19 heavy (non-hydrogen) atoms. The Morgan fingerprint density at radius 2 is 2.11 bits per heavy atom. The third-order valence-corrected chi connectivity index (χ3v) is 3.77. The van der Waals surface area contributed by atoms with Gasteiger partial charge in [0.25, 0.3) is 5.91 Å². The first-order valence-electron chi connectivity index (χ1n) is 6.13. The van der Waals surface area contributed by atoms with Crippen molar-refractivity contribution in [1.29, 1.82) is 0 Å². The molecule has 0 aliphatic carbocycles. The van der Waals surface area contributed by atoms with E-state index in [0.717, 1.165) is 0 Å². The maximum Gasteiger partial charge on any atom is 0.256 e. The second-order valence-electron chi connectivity index (χ2n) is 4.09. The third kappa shape index (κ3) is 3.13. The Bertz CT molecular complexity index is 539. The van der Waals surface area contributed by atoms with Gasteiger partial charge in [-0.2, -0.15) is 0 Å². The van der Waals surface area contributed by atoms with Crippen molar-refractivity contribution in [3.05, 3.63) is 52.2 Å². The van der Waals surface area contributed by atoms with Crippen LogP contribution < -0.4 is 11.3 Å². The highest BCUT2D eigenvalue weighted by atomic mass is 32.1. The predicted octanol–water partition coefficient (Wildman–Crippen LogP) is 2.70. The van der Waals surface area contributed by atoms with Gasteiger partial charge >= 0.3 is 0 Å². The monoisotopic (exact) mass is 275 g/mol. The summed E-state index contributed by atoms with van der Waals surface area (Å²) in [7, 11) is 0. The topological polar surface area (TPSA) is 58.4 Å². The number of thiophene rings is 1. The maximum absolute atomic E-state index is 12.5. The predicted molar refractivity (Wildman–Crippen MR) is 79.0 cm³/mol. The summed E-state index contributed by atoms with van der Waals surface area (Å²) in [6.45, 7) is 3.27. The SMILES string of the molecule is CCN(Cc1cccs1)C(=O)c1ccccc1NN. The van der Waals surface area contributed by atoms with Crippen LogP contribution >= 0.6 is 11.3 Å². The van der Waals surface area contributed by atoms with Crippen molar-refractivity contribution in [2.45, 2.75) is 13.5 Å². The van der Waals surface area contributed by atoms with Crippen LogP contribution in [0.3, 0.4) is 0 Å². The number of nitrogens with zero attached hydrogens (tertiary/aromatic N) is 1. The van der Waals surface area contributed by atoms with Gasteiger partial charge in [-0.3, -0.25) is 10.6 Å². The number of para-hydroxylation sites is 1. The van der Waals surface area contributed by atoms with Crippen molar-refractivity contribution in [2.75, 3.05) is 12.0 Å². The van der Waals surface area contributed by atoms with Gasteiger partial charge in [0.15, 0.2) is 0 Å². The van der Waals surface area contributed by atoms with E-state index in [0.29, 0.717) is 24.3 Å². The van der Waals surface area contributed by atoms with E-state index in [1.165, 1.54) is 4.88 Å². The molecule has 0 radical (unpaired) electrons. The molecule has 1 aromatic carbocycles. The van der Waals surface area contributed by atoms with Crippen LogP contribution in [0.5, 0.6) is 0 Å². The number of hydrogen-bond donors (Lipinski definition) is 2. The van der Waals surface area contributed by atoms with E-state index in [-0.39, 0.29) is 5.91 Å². The van der Waals surface area contributed by atoms with Gasteiger partial charge in [-0.1, -0.05) is 18.2 Å². The van der Waals surface area contributed by atoms with Gasteiger partial charge in [-0.15, -0.1) is 11.3 Å². The van der Waals surface area contributed by atoms with E-state index < -0.39 is 0 Å². The number of nitrogens with one attached hydrogen (secondary N) is 1. The molecule has 0 aliphatic heterocycles. The molecule has 0 saturated heterocycles. The van der Waals surface area contributed by atoms with Crippen LogP contribution in [0.2, 0.25) is 0 Å². The number of carbonyl (C=O) groups is 1. The highest BCUT2D eigenvalue weighted by Gasteiger charge is 2.17. The number of carbonyl (C=O) groups excluding carboxylic acids is 1. The fraction of sp³-hybridized carbons (Fsp3) is 0.214. The summed E-state index contributed by atoms with van der Waals surface area (Å²) in [6, 6.07) is 11.3. The molecule has 0 unspecified atom stereocenters. The standard InChI is InChI=1S/C14H17N3OS/c1-2-17(10-11-6-5-9-19-11)14(18)12-7-3-4-8-13(12)16-15/h3-9,16H,2,10,15H2,1H3. The average Bonchev–Trinajstić information content (AvgIpc) is 2.97. The fourth-order valence-corrected chi connectivity index (χ4v) is 2.60. The minimum Gasteiger partial charge on any atom is -0.334 e. The van der Waals surface area contributed by atoms with E-state index in [9.17, 15) is 4.79 Å². The fourth-order valence-electron chi connectivity index (χ4n) is 1.88. The number of nitrogens with two attached hydrogens (primary N) is 1. The lowest BCUT2D eigenvalue weighted by Gasteiger charge is -2.21. The molecule has 0 aliphatic rings. The Morgan fingerprint density at radius 3 is 2.74 bits per heavy atom. The molecule has 0 bridgehead atoms. The smallest absolute Gasteiger partial charge is 0.256 e. The Hall–Kier alpha value is -1.85. The van der Waals surface area contributed by atoms with Crippen LogP contribution in [-0.4, -0.2) is 17.4 Å². The van der Waals surface area contributed by atoms with Crippen molar-refractivity contribution >= 4 is 22.9 Å². The summed E-state index contributed by atoms with van der Waals surface area (Å²) in [5.41, 5.74) is 3.82. The molecule has 4 nitrogen and oxygen atoms in total. The Balaban J connectivity index is 2.20. The molecule has 1 amide bonds. The molecule has 5 heteroatoms. The van der Waals surface area contributed by atoms with Crippen molar-refractivity contribution in [3.63, 3.8) is 0 Å². The quantitative estimate of drug-likeness (QED) is 0.651. The molecular formula is C14H17N3OS. The second kappa shape index (κ2) is 6.36. The summed E-state index contributed by atoms with van der Waals surface area (Å²) in [6.07, 6.45) is 0. The van der Waals surface area contributed by atoms with Gasteiger partial charge < -0.3 is 10.3 Å². The third-order valence-electron chi connectivity index (χ3n) is 2.91. The van der Waals surface area contributed by atoms with Gasteiger partial charge in [0, 0.05) is 11.4 Å². The van der Waals surface area contributed by atoms with Gasteiger partial charge in [-0.25, -0.2) is 0 Å². The van der Waals surface area contributed by atoms with Crippen LogP contribution in [0.25, 0.3) is 0 Å². The zero-order chi connectivity index (χ0) is 13.7. The van der Waals surface area contributed by atoms with E-state index in [1.807, 2.05) is 41.5 Å².